The van der Waals surface area contributed by atoms with Crippen molar-refractivity contribution in [1.82, 2.24) is 25.3 Å². The Kier molecular flexibility index (Phi) is 4.15. The first kappa shape index (κ1) is 12.3. The van der Waals surface area contributed by atoms with Crippen LogP contribution in [-0.4, -0.2) is 38.9 Å². The van der Waals surface area contributed by atoms with Gasteiger partial charge in [0.2, 0.25) is 5.82 Å². The van der Waals surface area contributed by atoms with E-state index < -0.39 is 0 Å². The van der Waals surface area contributed by atoms with Gasteiger partial charge < -0.3 is 16.0 Å². The fourth-order valence-electron chi connectivity index (χ4n) is 1.11. The summed E-state index contributed by atoms with van der Waals surface area (Å²) in [5, 5.41) is 2.58. The van der Waals surface area contributed by atoms with Gasteiger partial charge in [0.25, 0.3) is 5.91 Å². The third-order valence-corrected chi connectivity index (χ3v) is 1.81. The molecule has 0 saturated carbocycles. The zero-order chi connectivity index (χ0) is 10.7. The average Bonchev–Trinajstić information content (AvgIpc) is 2.72. The van der Waals surface area contributed by atoms with E-state index in [0.717, 1.165) is 0 Å². The third-order valence-electron chi connectivity index (χ3n) is 1.81. The second kappa shape index (κ2) is 5.38. The minimum absolute atomic E-state index is 0. The van der Waals surface area contributed by atoms with Crippen LogP contribution in [0.2, 0.25) is 0 Å². The Balaban J connectivity index is 0.00000128. The Hall–Kier alpha value is -1.73. The number of rotatable bonds is 3. The molecular weight excluding hydrogens is 232 g/mol. The van der Waals surface area contributed by atoms with Gasteiger partial charge in [-0.2, -0.15) is 0 Å². The minimum atomic E-state index is -0.342. The monoisotopic (exact) mass is 242 g/mol. The van der Waals surface area contributed by atoms with Crippen LogP contribution in [-0.2, 0) is 0 Å². The molecule has 0 unspecified atom stereocenters. The van der Waals surface area contributed by atoms with Gasteiger partial charge >= 0.3 is 0 Å². The van der Waals surface area contributed by atoms with Crippen molar-refractivity contribution in [1.29, 1.82) is 0 Å². The molecule has 2 rings (SSSR count). The van der Waals surface area contributed by atoms with Crippen LogP contribution in [0, 0.1) is 0 Å². The minimum Gasteiger partial charge on any atom is -0.348 e. The molecule has 2 aromatic heterocycles. The number of nitrogens with two attached hydrogens (primary N) is 1. The van der Waals surface area contributed by atoms with Crippen LogP contribution in [0.4, 0.5) is 0 Å². The summed E-state index contributed by atoms with van der Waals surface area (Å²) in [6.07, 6.45) is 3.02. The summed E-state index contributed by atoms with van der Waals surface area (Å²) in [5.74, 6) is -0.242. The number of carbonyl (C=O) groups is 1. The van der Waals surface area contributed by atoms with E-state index >= 15 is 0 Å². The van der Waals surface area contributed by atoms with Crippen molar-refractivity contribution in [3.05, 3.63) is 18.3 Å². The molecule has 7 nitrogen and oxygen atoms in total. The highest BCUT2D eigenvalue weighted by Gasteiger charge is 2.09. The van der Waals surface area contributed by atoms with E-state index in [1.807, 2.05) is 0 Å². The Morgan fingerprint density at radius 2 is 2.31 bits per heavy atom. The topological polar surface area (TPSA) is 110 Å². The second-order valence-electron chi connectivity index (χ2n) is 2.88. The van der Waals surface area contributed by atoms with Gasteiger partial charge in [-0.1, -0.05) is 0 Å². The Morgan fingerprint density at radius 3 is 3.06 bits per heavy atom. The Morgan fingerprint density at radius 1 is 1.50 bits per heavy atom. The molecule has 1 amide bonds. The first-order valence-electron chi connectivity index (χ1n) is 4.45. The molecule has 0 bridgehead atoms. The van der Waals surface area contributed by atoms with Gasteiger partial charge in [-0.3, -0.25) is 4.79 Å². The number of hydrogen-bond donors (Lipinski definition) is 3. The van der Waals surface area contributed by atoms with E-state index in [4.69, 9.17) is 5.73 Å². The lowest BCUT2D eigenvalue weighted by atomic mass is 10.4. The highest BCUT2D eigenvalue weighted by Crippen LogP contribution is 2.03. The van der Waals surface area contributed by atoms with Gasteiger partial charge in [0.15, 0.2) is 5.65 Å². The molecule has 16 heavy (non-hydrogen) atoms. The quantitative estimate of drug-likeness (QED) is 0.670. The number of halogens is 1. The molecule has 8 heteroatoms. The first-order chi connectivity index (χ1) is 7.31. The van der Waals surface area contributed by atoms with Crippen LogP contribution in [0.3, 0.4) is 0 Å². The first-order valence-corrected chi connectivity index (χ1v) is 4.45. The van der Waals surface area contributed by atoms with Crippen LogP contribution < -0.4 is 11.1 Å². The third kappa shape index (κ3) is 2.44. The predicted molar refractivity (Wildman–Crippen MR) is 60.3 cm³/mol. The number of nitrogens with zero attached hydrogens (tertiary/aromatic N) is 3. The molecule has 0 spiro atoms. The van der Waals surface area contributed by atoms with E-state index in [1.165, 1.54) is 12.5 Å². The lowest BCUT2D eigenvalue weighted by molar-refractivity contribution is 0.0944. The summed E-state index contributed by atoms with van der Waals surface area (Å²) in [6.45, 7) is 0.789. The van der Waals surface area contributed by atoms with Crippen molar-refractivity contribution in [2.45, 2.75) is 0 Å². The van der Waals surface area contributed by atoms with Gasteiger partial charge in [0, 0.05) is 13.1 Å². The predicted octanol–water partition coefficient (Wildman–Crippen LogP) is -0.537. The summed E-state index contributed by atoms with van der Waals surface area (Å²) in [5.41, 5.74) is 6.43. The summed E-state index contributed by atoms with van der Waals surface area (Å²) >= 11 is 0. The molecule has 0 fully saturated rings. The molecule has 86 valence electrons. The van der Waals surface area contributed by atoms with Crippen molar-refractivity contribution in [2.75, 3.05) is 13.1 Å². The van der Waals surface area contributed by atoms with Gasteiger partial charge in [0.05, 0.1) is 12.5 Å². The van der Waals surface area contributed by atoms with Crippen molar-refractivity contribution in [3.63, 3.8) is 0 Å². The fourth-order valence-corrected chi connectivity index (χ4v) is 1.11. The summed E-state index contributed by atoms with van der Waals surface area (Å²) < 4.78 is 0. The Labute approximate surface area is 97.3 Å². The number of imidazole rings is 1. The number of amides is 1. The molecule has 0 aliphatic carbocycles. The summed E-state index contributed by atoms with van der Waals surface area (Å²) in [6, 6.07) is 0. The molecule has 0 aliphatic heterocycles. The Bertz CT molecular complexity index is 484. The zero-order valence-electron chi connectivity index (χ0n) is 8.30. The number of fused-ring (bicyclic) bond motifs is 1. The molecule has 0 saturated heterocycles. The van der Waals surface area contributed by atoms with Crippen molar-refractivity contribution >= 4 is 29.5 Å². The number of hydrogen-bond acceptors (Lipinski definition) is 5. The number of carbonyl (C=O) groups excluding carboxylic acids is 1. The molecular formula is C8H11ClN6O. The lowest BCUT2D eigenvalue weighted by Crippen LogP contribution is -2.30. The van der Waals surface area contributed by atoms with E-state index in [0.29, 0.717) is 24.3 Å². The maximum absolute atomic E-state index is 11.4. The highest BCUT2D eigenvalue weighted by molar-refractivity contribution is 5.91. The van der Waals surface area contributed by atoms with Crippen molar-refractivity contribution in [2.24, 2.45) is 5.73 Å². The molecule has 0 atom stereocenters. The number of aromatic nitrogens is 4. The second-order valence-corrected chi connectivity index (χ2v) is 2.88. The number of nitrogens with one attached hydrogen (secondary N) is 2. The van der Waals surface area contributed by atoms with E-state index in [2.05, 4.69) is 25.3 Å². The summed E-state index contributed by atoms with van der Waals surface area (Å²) in [7, 11) is 0. The summed E-state index contributed by atoms with van der Waals surface area (Å²) in [4.78, 5) is 26.1. The van der Waals surface area contributed by atoms with Gasteiger partial charge in [-0.05, 0) is 0 Å². The SMILES string of the molecule is Cl.NCCNC(=O)c1ncc2[nH]cnc2n1. The standard InChI is InChI=1S/C8H10N6O.ClH/c9-1-2-10-8(15)7-11-3-5-6(14-7)13-4-12-5;/h3-4H,1-2,9H2,(H,10,15)(H,11,12,13,14);1H. The molecule has 2 aromatic rings. The van der Waals surface area contributed by atoms with Gasteiger partial charge in [0.1, 0.15) is 5.52 Å². The van der Waals surface area contributed by atoms with Crippen LogP contribution in [0.15, 0.2) is 12.5 Å². The molecule has 2 heterocycles. The van der Waals surface area contributed by atoms with Crippen LogP contribution >= 0.6 is 12.4 Å². The smallest absolute Gasteiger partial charge is 0.289 e. The van der Waals surface area contributed by atoms with Crippen molar-refractivity contribution < 1.29 is 4.79 Å². The maximum atomic E-state index is 11.4. The van der Waals surface area contributed by atoms with Crippen molar-refractivity contribution in [3.8, 4) is 0 Å². The normalized spacial score (nSPS) is 9.81. The van der Waals surface area contributed by atoms with Crippen LogP contribution in [0.1, 0.15) is 10.6 Å². The number of aromatic amines is 1. The van der Waals surface area contributed by atoms with E-state index in [9.17, 15) is 4.79 Å². The van der Waals surface area contributed by atoms with E-state index in [-0.39, 0.29) is 24.1 Å². The maximum Gasteiger partial charge on any atom is 0.289 e. The molecule has 0 radical (unpaired) electrons. The highest BCUT2D eigenvalue weighted by atomic mass is 35.5. The zero-order valence-corrected chi connectivity index (χ0v) is 9.12. The van der Waals surface area contributed by atoms with Gasteiger partial charge in [-0.25, -0.2) is 15.0 Å². The van der Waals surface area contributed by atoms with Crippen LogP contribution in [0.25, 0.3) is 11.2 Å². The lowest BCUT2D eigenvalue weighted by Gasteiger charge is -2.00. The fraction of sp³-hybridized carbons (Fsp3) is 0.250. The molecule has 4 N–H and O–H groups in total. The number of H-pyrrole nitrogens is 1. The average molecular weight is 243 g/mol. The van der Waals surface area contributed by atoms with Gasteiger partial charge in [-0.15, -0.1) is 12.4 Å². The molecule has 0 aromatic carbocycles. The van der Waals surface area contributed by atoms with Crippen LogP contribution in [0.5, 0.6) is 0 Å². The van der Waals surface area contributed by atoms with E-state index in [1.54, 1.807) is 0 Å². The largest absolute Gasteiger partial charge is 0.348 e. The molecule has 0 aliphatic rings.